The van der Waals surface area contributed by atoms with Gasteiger partial charge < -0.3 is 14.6 Å². The Labute approximate surface area is 167 Å². The maximum absolute atomic E-state index is 12.9. The number of thioether (sulfide) groups is 1. The van der Waals surface area contributed by atoms with Gasteiger partial charge >= 0.3 is 0 Å². The van der Waals surface area contributed by atoms with Crippen molar-refractivity contribution in [3.05, 3.63) is 58.5 Å². The highest BCUT2D eigenvalue weighted by Gasteiger charge is 2.36. The van der Waals surface area contributed by atoms with Crippen molar-refractivity contribution in [2.75, 3.05) is 14.2 Å². The van der Waals surface area contributed by atoms with Crippen LogP contribution in [0, 0.1) is 0 Å². The number of aromatic hydroxyl groups is 1. The second kappa shape index (κ2) is 8.02. The first-order chi connectivity index (χ1) is 13.0. The Morgan fingerprint density at radius 1 is 1.15 bits per heavy atom. The van der Waals surface area contributed by atoms with E-state index in [0.717, 1.165) is 5.56 Å². The fourth-order valence-electron chi connectivity index (χ4n) is 2.84. The molecule has 0 saturated carbocycles. The Morgan fingerprint density at radius 2 is 1.74 bits per heavy atom. The molecule has 1 amide bonds. The molecular formula is C20H19NO4S2. The Hall–Kier alpha value is -2.51. The molecule has 1 aliphatic heterocycles. The van der Waals surface area contributed by atoms with Crippen LogP contribution in [-0.4, -0.2) is 34.5 Å². The fourth-order valence-corrected chi connectivity index (χ4v) is 4.26. The van der Waals surface area contributed by atoms with Crippen molar-refractivity contribution >= 4 is 40.3 Å². The largest absolute Gasteiger partial charge is 0.502 e. The van der Waals surface area contributed by atoms with Gasteiger partial charge in [0.1, 0.15) is 4.32 Å². The van der Waals surface area contributed by atoms with Crippen molar-refractivity contribution in [3.63, 3.8) is 0 Å². The quantitative estimate of drug-likeness (QED) is 0.593. The van der Waals surface area contributed by atoms with Crippen LogP contribution >= 0.6 is 24.0 Å². The molecule has 0 aliphatic carbocycles. The van der Waals surface area contributed by atoms with E-state index in [0.29, 0.717) is 14.8 Å². The fraction of sp³-hybridized carbons (Fsp3) is 0.200. The predicted octanol–water partition coefficient (Wildman–Crippen LogP) is 4.37. The average Bonchev–Trinajstić information content (AvgIpc) is 2.96. The van der Waals surface area contributed by atoms with E-state index in [1.54, 1.807) is 23.1 Å². The summed E-state index contributed by atoms with van der Waals surface area (Å²) in [5, 5.41) is 10.0. The zero-order chi connectivity index (χ0) is 19.6. The highest BCUT2D eigenvalue weighted by molar-refractivity contribution is 8.26. The SMILES string of the molecule is COc1cc(/C=C2\SC(=S)N([C@H](C)c3ccccc3)C2=O)cc(OC)c1O. The minimum Gasteiger partial charge on any atom is -0.502 e. The zero-order valence-electron chi connectivity index (χ0n) is 15.1. The van der Waals surface area contributed by atoms with Crippen molar-refractivity contribution in [2.24, 2.45) is 0 Å². The number of methoxy groups -OCH3 is 2. The van der Waals surface area contributed by atoms with Gasteiger partial charge in [-0.15, -0.1) is 0 Å². The molecule has 0 unspecified atom stereocenters. The van der Waals surface area contributed by atoms with Crippen molar-refractivity contribution < 1.29 is 19.4 Å². The first-order valence-electron chi connectivity index (χ1n) is 8.23. The molecule has 5 nitrogen and oxygen atoms in total. The number of hydrogen-bond donors (Lipinski definition) is 1. The number of thiocarbonyl (C=S) groups is 1. The topological polar surface area (TPSA) is 59.0 Å². The number of benzene rings is 2. The molecule has 0 aromatic heterocycles. The van der Waals surface area contributed by atoms with Gasteiger partial charge in [0.25, 0.3) is 5.91 Å². The average molecular weight is 402 g/mol. The third kappa shape index (κ3) is 3.79. The Balaban J connectivity index is 1.93. The second-order valence-corrected chi connectivity index (χ2v) is 7.59. The molecule has 0 bridgehead atoms. The van der Waals surface area contributed by atoms with Crippen molar-refractivity contribution in [1.29, 1.82) is 0 Å². The lowest BCUT2D eigenvalue weighted by Crippen LogP contribution is -2.30. The lowest BCUT2D eigenvalue weighted by atomic mass is 10.1. The van der Waals surface area contributed by atoms with Gasteiger partial charge in [0.15, 0.2) is 11.5 Å². The van der Waals surface area contributed by atoms with Gasteiger partial charge in [0, 0.05) is 0 Å². The molecule has 140 valence electrons. The molecule has 0 spiro atoms. The normalized spacial score (nSPS) is 16.7. The summed E-state index contributed by atoms with van der Waals surface area (Å²) >= 11 is 6.70. The van der Waals surface area contributed by atoms with Gasteiger partial charge in [-0.05, 0) is 36.3 Å². The number of carbonyl (C=O) groups is 1. The molecule has 1 fully saturated rings. The lowest BCUT2D eigenvalue weighted by Gasteiger charge is -2.23. The third-order valence-corrected chi connectivity index (χ3v) is 5.62. The van der Waals surface area contributed by atoms with Gasteiger partial charge in [0.2, 0.25) is 5.75 Å². The van der Waals surface area contributed by atoms with Gasteiger partial charge in [-0.3, -0.25) is 9.69 Å². The molecule has 1 aliphatic rings. The minimum absolute atomic E-state index is 0.0811. The number of rotatable bonds is 5. The predicted molar refractivity (Wildman–Crippen MR) is 111 cm³/mol. The van der Waals surface area contributed by atoms with Crippen LogP contribution in [0.2, 0.25) is 0 Å². The number of carbonyl (C=O) groups excluding carboxylic acids is 1. The molecule has 2 aromatic carbocycles. The van der Waals surface area contributed by atoms with E-state index in [4.69, 9.17) is 21.7 Å². The third-order valence-electron chi connectivity index (χ3n) is 4.29. The van der Waals surface area contributed by atoms with E-state index in [1.165, 1.54) is 26.0 Å². The van der Waals surface area contributed by atoms with Gasteiger partial charge in [-0.2, -0.15) is 0 Å². The number of ether oxygens (including phenoxy) is 2. The smallest absolute Gasteiger partial charge is 0.266 e. The maximum Gasteiger partial charge on any atom is 0.266 e. The molecule has 2 aromatic rings. The van der Waals surface area contributed by atoms with Crippen molar-refractivity contribution in [1.82, 2.24) is 4.90 Å². The number of amides is 1. The summed E-state index contributed by atoms with van der Waals surface area (Å²) in [5.74, 6) is 0.317. The highest BCUT2D eigenvalue weighted by atomic mass is 32.2. The molecule has 1 atom stereocenters. The van der Waals surface area contributed by atoms with Gasteiger partial charge in [-0.25, -0.2) is 0 Å². The van der Waals surface area contributed by atoms with Crippen LogP contribution < -0.4 is 9.47 Å². The lowest BCUT2D eigenvalue weighted by molar-refractivity contribution is -0.123. The van der Waals surface area contributed by atoms with Crippen LogP contribution in [0.4, 0.5) is 0 Å². The molecule has 1 saturated heterocycles. The summed E-state index contributed by atoms with van der Waals surface area (Å²) < 4.78 is 10.9. The summed E-state index contributed by atoms with van der Waals surface area (Å²) in [6, 6.07) is 12.9. The van der Waals surface area contributed by atoms with E-state index in [1.807, 2.05) is 37.3 Å². The summed E-state index contributed by atoms with van der Waals surface area (Å²) in [6.07, 6.45) is 1.72. The molecule has 0 radical (unpaired) electrons. The van der Waals surface area contributed by atoms with Crippen molar-refractivity contribution in [2.45, 2.75) is 13.0 Å². The summed E-state index contributed by atoms with van der Waals surface area (Å²) in [6.45, 7) is 1.95. The first-order valence-corrected chi connectivity index (χ1v) is 9.45. The molecule has 1 heterocycles. The highest BCUT2D eigenvalue weighted by Crippen LogP contribution is 2.41. The van der Waals surface area contributed by atoms with Crippen LogP contribution in [0.3, 0.4) is 0 Å². The van der Waals surface area contributed by atoms with Crippen LogP contribution in [-0.2, 0) is 4.79 Å². The van der Waals surface area contributed by atoms with Gasteiger partial charge in [0.05, 0.1) is 25.2 Å². The monoisotopic (exact) mass is 401 g/mol. The maximum atomic E-state index is 12.9. The molecule has 27 heavy (non-hydrogen) atoms. The number of phenolic OH excluding ortho intramolecular Hbond substituents is 1. The minimum atomic E-state index is -0.159. The number of nitrogens with zero attached hydrogens (tertiary/aromatic N) is 1. The van der Waals surface area contributed by atoms with Crippen LogP contribution in [0.25, 0.3) is 6.08 Å². The van der Waals surface area contributed by atoms with Crippen LogP contribution in [0.1, 0.15) is 24.1 Å². The number of hydrogen-bond acceptors (Lipinski definition) is 6. The van der Waals surface area contributed by atoms with E-state index < -0.39 is 0 Å². The second-order valence-electron chi connectivity index (χ2n) is 5.91. The van der Waals surface area contributed by atoms with E-state index in [2.05, 4.69) is 0 Å². The van der Waals surface area contributed by atoms with Crippen molar-refractivity contribution in [3.8, 4) is 17.2 Å². The van der Waals surface area contributed by atoms with Crippen LogP contribution in [0.15, 0.2) is 47.4 Å². The molecule has 1 N–H and O–H groups in total. The zero-order valence-corrected chi connectivity index (χ0v) is 16.8. The van der Waals surface area contributed by atoms with Crippen LogP contribution in [0.5, 0.6) is 17.2 Å². The van der Waals surface area contributed by atoms with Gasteiger partial charge in [-0.1, -0.05) is 54.3 Å². The number of phenols is 1. The molecule has 3 rings (SSSR count). The Bertz CT molecular complexity index is 886. The summed E-state index contributed by atoms with van der Waals surface area (Å²) in [5.41, 5.74) is 1.69. The van der Waals surface area contributed by atoms with E-state index >= 15 is 0 Å². The Kier molecular flexibility index (Phi) is 5.72. The molecule has 7 heteroatoms. The summed E-state index contributed by atoms with van der Waals surface area (Å²) in [4.78, 5) is 15.1. The molecular weight excluding hydrogens is 382 g/mol. The van der Waals surface area contributed by atoms with E-state index in [-0.39, 0.29) is 29.2 Å². The summed E-state index contributed by atoms with van der Waals surface area (Å²) in [7, 11) is 2.92. The first kappa shape index (κ1) is 19.3. The van der Waals surface area contributed by atoms with E-state index in [9.17, 15) is 9.90 Å². The Morgan fingerprint density at radius 3 is 2.30 bits per heavy atom. The standard InChI is InChI=1S/C20H19NO4S2/c1-12(14-7-5-4-6-8-14)21-19(23)17(27-20(21)26)11-13-9-15(24-2)18(22)16(10-13)25-3/h4-12,22H,1-3H3/b17-11-/t12-/m1/s1.